The molecule has 0 saturated carbocycles. The van der Waals surface area contributed by atoms with Crippen LogP contribution < -0.4 is 9.80 Å². The van der Waals surface area contributed by atoms with E-state index >= 15 is 0 Å². The van der Waals surface area contributed by atoms with E-state index in [9.17, 15) is 9.90 Å². The highest BCUT2D eigenvalue weighted by atomic mass is 16.6. The van der Waals surface area contributed by atoms with Gasteiger partial charge < -0.3 is 14.7 Å². The molecule has 29 heavy (non-hydrogen) atoms. The predicted octanol–water partition coefficient (Wildman–Crippen LogP) is 4.60. The van der Waals surface area contributed by atoms with Gasteiger partial charge in [0.25, 0.3) is 0 Å². The molecule has 1 aliphatic carbocycles. The third-order valence-corrected chi connectivity index (χ3v) is 5.88. The van der Waals surface area contributed by atoms with Gasteiger partial charge >= 0.3 is 6.09 Å². The Morgan fingerprint density at radius 3 is 2.31 bits per heavy atom. The van der Waals surface area contributed by atoms with Gasteiger partial charge in [0.05, 0.1) is 11.4 Å². The van der Waals surface area contributed by atoms with E-state index < -0.39 is 0 Å². The molecule has 0 saturated heterocycles. The van der Waals surface area contributed by atoms with Crippen LogP contribution in [0.5, 0.6) is 5.75 Å². The van der Waals surface area contributed by atoms with Crippen molar-refractivity contribution in [3.63, 3.8) is 0 Å². The van der Waals surface area contributed by atoms with Gasteiger partial charge in [-0.15, -0.1) is 0 Å². The van der Waals surface area contributed by atoms with E-state index in [2.05, 4.69) is 24.3 Å². The first-order valence-electron chi connectivity index (χ1n) is 9.80. The summed E-state index contributed by atoms with van der Waals surface area (Å²) in [5.74, 6) is 0.225. The van der Waals surface area contributed by atoms with Crippen molar-refractivity contribution in [2.45, 2.75) is 5.92 Å². The number of nitrogens with zero attached hydrogens (tertiary/aromatic N) is 2. The summed E-state index contributed by atoms with van der Waals surface area (Å²) in [6, 6.07) is 21.7. The molecule has 1 N–H and O–H groups in total. The molecule has 0 atom stereocenters. The van der Waals surface area contributed by atoms with Crippen LogP contribution in [-0.4, -0.2) is 37.9 Å². The lowest BCUT2D eigenvalue weighted by atomic mass is 9.98. The Kier molecular flexibility index (Phi) is 4.16. The topological polar surface area (TPSA) is 53.0 Å². The van der Waals surface area contributed by atoms with Crippen LogP contribution in [0.15, 0.2) is 66.7 Å². The number of benzene rings is 3. The van der Waals surface area contributed by atoms with E-state index in [1.165, 1.54) is 22.3 Å². The Balaban J connectivity index is 1.39. The first-order chi connectivity index (χ1) is 14.1. The molecule has 0 aromatic heterocycles. The fourth-order valence-corrected chi connectivity index (χ4v) is 4.40. The van der Waals surface area contributed by atoms with E-state index in [4.69, 9.17) is 4.74 Å². The molecule has 0 radical (unpaired) electrons. The Morgan fingerprint density at radius 1 is 0.966 bits per heavy atom. The summed E-state index contributed by atoms with van der Waals surface area (Å²) in [6.07, 6.45) is -0.355. The molecule has 0 bridgehead atoms. The SMILES string of the molecule is CN1CCN(C(=O)OCC2c3ccccc3-c3ccccc32)c2ccc(O)cc21. The van der Waals surface area contributed by atoms with Gasteiger partial charge in [0.2, 0.25) is 0 Å². The Bertz CT molecular complexity index is 1050. The van der Waals surface area contributed by atoms with Crippen molar-refractivity contribution in [3.05, 3.63) is 77.9 Å². The maximum atomic E-state index is 13.0. The van der Waals surface area contributed by atoms with Gasteiger partial charge in [-0.1, -0.05) is 48.5 Å². The minimum Gasteiger partial charge on any atom is -0.508 e. The van der Waals surface area contributed by atoms with Gasteiger partial charge in [0, 0.05) is 32.1 Å². The molecule has 5 rings (SSSR count). The number of carbonyl (C=O) groups is 1. The zero-order chi connectivity index (χ0) is 20.0. The van der Waals surface area contributed by atoms with Crippen molar-refractivity contribution in [2.75, 3.05) is 36.5 Å². The highest BCUT2D eigenvalue weighted by Gasteiger charge is 2.31. The molecule has 1 aliphatic heterocycles. The van der Waals surface area contributed by atoms with Crippen LogP contribution in [-0.2, 0) is 4.74 Å². The Hall–Kier alpha value is -3.47. The first-order valence-corrected chi connectivity index (χ1v) is 9.80. The highest BCUT2D eigenvalue weighted by Crippen LogP contribution is 2.44. The third-order valence-electron chi connectivity index (χ3n) is 5.88. The molecule has 5 nitrogen and oxygen atoms in total. The van der Waals surface area contributed by atoms with Crippen molar-refractivity contribution >= 4 is 17.5 Å². The second-order valence-corrected chi connectivity index (χ2v) is 7.55. The fraction of sp³-hybridized carbons (Fsp3) is 0.208. The average Bonchev–Trinajstić information content (AvgIpc) is 3.06. The summed E-state index contributed by atoms with van der Waals surface area (Å²) in [7, 11) is 1.95. The number of anilines is 2. The number of hydrogen-bond donors (Lipinski definition) is 1. The number of carbonyl (C=O) groups excluding carboxylic acids is 1. The first kappa shape index (κ1) is 17.6. The maximum absolute atomic E-state index is 13.0. The number of aromatic hydroxyl groups is 1. The van der Waals surface area contributed by atoms with Crippen molar-refractivity contribution in [3.8, 4) is 16.9 Å². The maximum Gasteiger partial charge on any atom is 0.414 e. The summed E-state index contributed by atoms with van der Waals surface area (Å²) in [5, 5.41) is 9.80. The van der Waals surface area contributed by atoms with Gasteiger partial charge in [-0.05, 0) is 34.4 Å². The highest BCUT2D eigenvalue weighted by molar-refractivity contribution is 5.94. The monoisotopic (exact) mass is 386 g/mol. The van der Waals surface area contributed by atoms with Crippen molar-refractivity contribution in [1.82, 2.24) is 0 Å². The molecular formula is C24H22N2O3. The summed E-state index contributed by atoms with van der Waals surface area (Å²) in [4.78, 5) is 16.6. The van der Waals surface area contributed by atoms with Crippen LogP contribution in [0.3, 0.4) is 0 Å². The number of phenols is 1. The van der Waals surface area contributed by atoms with Crippen LogP contribution in [0.4, 0.5) is 16.2 Å². The standard InChI is InChI=1S/C24H22N2O3/c1-25-12-13-26(22-11-10-16(27)14-23(22)25)24(28)29-15-21-19-8-4-2-6-17(19)18-7-3-5-9-20(18)21/h2-11,14,21,27H,12-13,15H2,1H3. The van der Waals surface area contributed by atoms with E-state index in [1.807, 2.05) is 36.2 Å². The lowest BCUT2D eigenvalue weighted by Gasteiger charge is -2.35. The normalized spacial score (nSPS) is 14.9. The largest absolute Gasteiger partial charge is 0.508 e. The van der Waals surface area contributed by atoms with Crippen LogP contribution in [0.2, 0.25) is 0 Å². The average molecular weight is 386 g/mol. The van der Waals surface area contributed by atoms with E-state index in [-0.39, 0.29) is 17.8 Å². The lowest BCUT2D eigenvalue weighted by Crippen LogP contribution is -2.43. The van der Waals surface area contributed by atoms with Gasteiger partial charge in [0.15, 0.2) is 0 Å². The molecule has 3 aromatic carbocycles. The summed E-state index contributed by atoms with van der Waals surface area (Å²) in [6.45, 7) is 1.53. The van der Waals surface area contributed by atoms with Crippen LogP contribution in [0.25, 0.3) is 11.1 Å². The van der Waals surface area contributed by atoms with Crippen LogP contribution >= 0.6 is 0 Å². The van der Waals surface area contributed by atoms with E-state index in [0.717, 1.165) is 11.4 Å². The molecule has 3 aromatic rings. The zero-order valence-electron chi connectivity index (χ0n) is 16.2. The number of likely N-dealkylation sites (N-methyl/N-ethyl adjacent to an activating group) is 1. The quantitative estimate of drug-likeness (QED) is 0.700. The van der Waals surface area contributed by atoms with Crippen molar-refractivity contribution in [2.24, 2.45) is 0 Å². The van der Waals surface area contributed by atoms with Gasteiger partial charge in [0.1, 0.15) is 12.4 Å². The van der Waals surface area contributed by atoms with Crippen LogP contribution in [0.1, 0.15) is 17.0 Å². The number of amides is 1. The number of phenolic OH excluding ortho intramolecular Hbond substituents is 1. The predicted molar refractivity (Wildman–Crippen MR) is 114 cm³/mol. The molecule has 0 unspecified atom stereocenters. The lowest BCUT2D eigenvalue weighted by molar-refractivity contribution is 0.150. The minimum absolute atomic E-state index is 0.0399. The number of rotatable bonds is 2. The third kappa shape index (κ3) is 2.90. The molecule has 1 heterocycles. The van der Waals surface area contributed by atoms with Gasteiger partial charge in [-0.2, -0.15) is 0 Å². The van der Waals surface area contributed by atoms with Crippen LogP contribution in [0, 0.1) is 0 Å². The van der Waals surface area contributed by atoms with E-state index in [0.29, 0.717) is 19.7 Å². The summed E-state index contributed by atoms with van der Waals surface area (Å²) < 4.78 is 5.81. The molecule has 5 heteroatoms. The summed E-state index contributed by atoms with van der Waals surface area (Å²) >= 11 is 0. The molecule has 0 fully saturated rings. The Labute approximate surface area is 169 Å². The number of hydrogen-bond acceptors (Lipinski definition) is 4. The van der Waals surface area contributed by atoms with Gasteiger partial charge in [-0.25, -0.2) is 4.79 Å². The number of fused-ring (bicyclic) bond motifs is 4. The summed E-state index contributed by atoms with van der Waals surface area (Å²) in [5.41, 5.74) is 6.41. The smallest absolute Gasteiger partial charge is 0.414 e. The minimum atomic E-state index is -0.355. The fourth-order valence-electron chi connectivity index (χ4n) is 4.40. The molecule has 146 valence electrons. The molecule has 2 aliphatic rings. The number of ether oxygens (including phenoxy) is 1. The zero-order valence-corrected chi connectivity index (χ0v) is 16.2. The van der Waals surface area contributed by atoms with Crippen molar-refractivity contribution in [1.29, 1.82) is 0 Å². The van der Waals surface area contributed by atoms with E-state index in [1.54, 1.807) is 23.1 Å². The molecular weight excluding hydrogens is 364 g/mol. The molecule has 1 amide bonds. The van der Waals surface area contributed by atoms with Gasteiger partial charge in [-0.3, -0.25) is 4.90 Å². The van der Waals surface area contributed by atoms with Crippen molar-refractivity contribution < 1.29 is 14.6 Å². The second kappa shape index (κ2) is 6.85. The second-order valence-electron chi connectivity index (χ2n) is 7.55. The molecule has 0 spiro atoms. The Morgan fingerprint density at radius 2 is 1.62 bits per heavy atom.